The summed E-state index contributed by atoms with van der Waals surface area (Å²) in [6.07, 6.45) is 2.39. The lowest BCUT2D eigenvalue weighted by Crippen LogP contribution is -2.52. The van der Waals surface area contributed by atoms with Crippen LogP contribution in [0.4, 0.5) is 0 Å². The van der Waals surface area contributed by atoms with E-state index in [-0.39, 0.29) is 11.9 Å². The first-order valence-electron chi connectivity index (χ1n) is 8.56. The minimum atomic E-state index is 0.152. The Labute approximate surface area is 136 Å². The first-order chi connectivity index (χ1) is 11.1. The number of aromatic nitrogens is 1. The van der Waals surface area contributed by atoms with Crippen LogP contribution in [0.25, 0.3) is 10.9 Å². The van der Waals surface area contributed by atoms with Crippen LogP contribution in [0.2, 0.25) is 0 Å². The second-order valence-electron chi connectivity index (χ2n) is 6.94. The molecule has 1 aliphatic heterocycles. The largest absolute Gasteiger partial charge is 0.333 e. The van der Waals surface area contributed by atoms with Crippen molar-refractivity contribution in [3.63, 3.8) is 0 Å². The Morgan fingerprint density at radius 2 is 2.13 bits per heavy atom. The summed E-state index contributed by atoms with van der Waals surface area (Å²) in [6, 6.07) is 8.51. The first-order valence-corrected chi connectivity index (χ1v) is 8.56. The van der Waals surface area contributed by atoms with Crippen LogP contribution in [-0.4, -0.2) is 41.5 Å². The van der Waals surface area contributed by atoms with Gasteiger partial charge in [0.1, 0.15) is 0 Å². The molecule has 4 heteroatoms. The van der Waals surface area contributed by atoms with Crippen molar-refractivity contribution in [2.75, 3.05) is 19.6 Å². The SMILES string of the molecule is Cc1ccc2nc(C3CC3)cc(C(=O)N3CCNC[C@H]3C)c2c1. The van der Waals surface area contributed by atoms with E-state index in [0.29, 0.717) is 5.92 Å². The molecule has 2 aromatic rings. The van der Waals surface area contributed by atoms with Crippen LogP contribution in [0.15, 0.2) is 24.3 Å². The highest BCUT2D eigenvalue weighted by atomic mass is 16.2. The van der Waals surface area contributed by atoms with Crippen molar-refractivity contribution in [1.82, 2.24) is 15.2 Å². The van der Waals surface area contributed by atoms with Gasteiger partial charge in [-0.25, -0.2) is 0 Å². The number of hydrogen-bond acceptors (Lipinski definition) is 3. The van der Waals surface area contributed by atoms with E-state index in [2.05, 4.69) is 43.4 Å². The number of nitrogens with one attached hydrogen (secondary N) is 1. The molecule has 1 saturated carbocycles. The molecule has 0 unspecified atom stereocenters. The summed E-state index contributed by atoms with van der Waals surface area (Å²) in [5, 5.41) is 4.34. The van der Waals surface area contributed by atoms with Crippen LogP contribution in [0.5, 0.6) is 0 Å². The van der Waals surface area contributed by atoms with E-state index in [1.165, 1.54) is 18.4 Å². The summed E-state index contributed by atoms with van der Waals surface area (Å²) < 4.78 is 0. The van der Waals surface area contributed by atoms with E-state index in [0.717, 1.165) is 41.8 Å². The maximum absolute atomic E-state index is 13.2. The third kappa shape index (κ3) is 2.72. The van der Waals surface area contributed by atoms with E-state index < -0.39 is 0 Å². The van der Waals surface area contributed by atoms with Gasteiger partial charge in [-0.15, -0.1) is 0 Å². The highest BCUT2D eigenvalue weighted by Gasteiger charge is 2.29. The van der Waals surface area contributed by atoms with Gasteiger partial charge in [0.15, 0.2) is 0 Å². The zero-order valence-electron chi connectivity index (χ0n) is 13.8. The van der Waals surface area contributed by atoms with Gasteiger partial charge in [-0.3, -0.25) is 9.78 Å². The number of hydrogen-bond donors (Lipinski definition) is 1. The predicted molar refractivity (Wildman–Crippen MR) is 91.8 cm³/mol. The molecule has 1 aliphatic carbocycles. The lowest BCUT2D eigenvalue weighted by atomic mass is 10.0. The number of carbonyl (C=O) groups excluding carboxylic acids is 1. The molecule has 1 saturated heterocycles. The molecule has 23 heavy (non-hydrogen) atoms. The fourth-order valence-electron chi connectivity index (χ4n) is 3.42. The molecule has 0 bridgehead atoms. The van der Waals surface area contributed by atoms with Gasteiger partial charge in [0.25, 0.3) is 5.91 Å². The number of carbonyl (C=O) groups is 1. The number of piperazine rings is 1. The number of benzene rings is 1. The molecule has 4 rings (SSSR count). The van der Waals surface area contributed by atoms with Crippen LogP contribution in [0.3, 0.4) is 0 Å². The smallest absolute Gasteiger partial charge is 0.254 e. The standard InChI is InChI=1S/C19H23N3O/c1-12-3-6-17-15(9-12)16(10-18(21-17)14-4-5-14)19(23)22-8-7-20-11-13(22)2/h3,6,9-10,13-14,20H,4-5,7-8,11H2,1-2H3/t13-/m1/s1. The average molecular weight is 309 g/mol. The van der Waals surface area contributed by atoms with Gasteiger partial charge in [-0.05, 0) is 44.9 Å². The van der Waals surface area contributed by atoms with Crippen molar-refractivity contribution < 1.29 is 4.79 Å². The molecule has 0 radical (unpaired) electrons. The minimum absolute atomic E-state index is 0.152. The van der Waals surface area contributed by atoms with E-state index >= 15 is 0 Å². The van der Waals surface area contributed by atoms with Crippen molar-refractivity contribution >= 4 is 16.8 Å². The third-order valence-corrected chi connectivity index (χ3v) is 4.97. The zero-order valence-corrected chi connectivity index (χ0v) is 13.8. The summed E-state index contributed by atoms with van der Waals surface area (Å²) in [6.45, 7) is 6.68. The fourth-order valence-corrected chi connectivity index (χ4v) is 3.42. The van der Waals surface area contributed by atoms with E-state index in [1.54, 1.807) is 0 Å². The minimum Gasteiger partial charge on any atom is -0.333 e. The van der Waals surface area contributed by atoms with Crippen LogP contribution in [0, 0.1) is 6.92 Å². The van der Waals surface area contributed by atoms with E-state index in [9.17, 15) is 4.79 Å². The maximum atomic E-state index is 13.2. The molecule has 1 aromatic carbocycles. The van der Waals surface area contributed by atoms with Crippen LogP contribution >= 0.6 is 0 Å². The van der Waals surface area contributed by atoms with Crippen LogP contribution < -0.4 is 5.32 Å². The topological polar surface area (TPSA) is 45.2 Å². The first kappa shape index (κ1) is 14.6. The number of fused-ring (bicyclic) bond motifs is 1. The van der Waals surface area contributed by atoms with E-state index in [4.69, 9.17) is 4.98 Å². The Hall–Kier alpha value is -1.94. The van der Waals surface area contributed by atoms with Crippen LogP contribution in [-0.2, 0) is 0 Å². The second kappa shape index (κ2) is 5.60. The lowest BCUT2D eigenvalue weighted by Gasteiger charge is -2.34. The van der Waals surface area contributed by atoms with Gasteiger partial charge in [0, 0.05) is 42.7 Å². The number of pyridine rings is 1. The molecule has 4 nitrogen and oxygen atoms in total. The molecular weight excluding hydrogens is 286 g/mol. The van der Waals surface area contributed by atoms with Gasteiger partial charge in [0.05, 0.1) is 11.1 Å². The van der Waals surface area contributed by atoms with Gasteiger partial charge in [-0.1, -0.05) is 11.6 Å². The third-order valence-electron chi connectivity index (χ3n) is 4.97. The molecule has 1 aromatic heterocycles. The molecule has 1 amide bonds. The zero-order chi connectivity index (χ0) is 16.0. The molecule has 0 spiro atoms. The maximum Gasteiger partial charge on any atom is 0.254 e. The fraction of sp³-hybridized carbons (Fsp3) is 0.474. The summed E-state index contributed by atoms with van der Waals surface area (Å²) in [4.78, 5) is 20.0. The lowest BCUT2D eigenvalue weighted by molar-refractivity contribution is 0.0657. The van der Waals surface area contributed by atoms with Gasteiger partial charge in [-0.2, -0.15) is 0 Å². The summed E-state index contributed by atoms with van der Waals surface area (Å²) >= 11 is 0. The predicted octanol–water partition coefficient (Wildman–Crippen LogP) is 2.85. The van der Waals surface area contributed by atoms with Gasteiger partial charge in [0.2, 0.25) is 0 Å². The quantitative estimate of drug-likeness (QED) is 0.928. The van der Waals surface area contributed by atoms with Gasteiger partial charge < -0.3 is 10.2 Å². The molecule has 2 aliphatic rings. The Bertz CT molecular complexity index is 767. The van der Waals surface area contributed by atoms with E-state index in [1.807, 2.05) is 4.90 Å². The average Bonchev–Trinajstić information content (AvgIpc) is 3.38. The van der Waals surface area contributed by atoms with Crippen molar-refractivity contribution in [2.45, 2.75) is 38.6 Å². The Morgan fingerprint density at radius 1 is 1.30 bits per heavy atom. The summed E-state index contributed by atoms with van der Waals surface area (Å²) in [7, 11) is 0. The van der Waals surface area contributed by atoms with Crippen molar-refractivity contribution in [3.05, 3.63) is 41.1 Å². The van der Waals surface area contributed by atoms with Crippen molar-refractivity contribution in [1.29, 1.82) is 0 Å². The molecule has 120 valence electrons. The highest BCUT2D eigenvalue weighted by molar-refractivity contribution is 6.06. The number of aryl methyl sites for hydroxylation is 1. The Balaban J connectivity index is 1.83. The Morgan fingerprint density at radius 3 is 2.87 bits per heavy atom. The number of nitrogens with zero attached hydrogens (tertiary/aromatic N) is 2. The van der Waals surface area contributed by atoms with Crippen LogP contribution in [0.1, 0.15) is 47.3 Å². The number of rotatable bonds is 2. The highest BCUT2D eigenvalue weighted by Crippen LogP contribution is 2.40. The monoisotopic (exact) mass is 309 g/mol. The molecule has 2 fully saturated rings. The second-order valence-corrected chi connectivity index (χ2v) is 6.94. The number of amides is 1. The molecule has 1 N–H and O–H groups in total. The molecular formula is C19H23N3O. The molecule has 2 heterocycles. The normalized spacial score (nSPS) is 21.7. The summed E-state index contributed by atoms with van der Waals surface area (Å²) in [5.74, 6) is 0.701. The summed E-state index contributed by atoms with van der Waals surface area (Å²) in [5.41, 5.74) is 4.04. The Kier molecular flexibility index (Phi) is 3.57. The van der Waals surface area contributed by atoms with Crippen molar-refractivity contribution in [2.24, 2.45) is 0 Å². The van der Waals surface area contributed by atoms with Gasteiger partial charge >= 0.3 is 0 Å². The molecule has 1 atom stereocenters. The van der Waals surface area contributed by atoms with Crippen molar-refractivity contribution in [3.8, 4) is 0 Å².